The van der Waals surface area contributed by atoms with Gasteiger partial charge in [0.1, 0.15) is 12.2 Å². The first-order chi connectivity index (χ1) is 6.62. The molecule has 4 N–H and O–H groups in total. The van der Waals surface area contributed by atoms with Gasteiger partial charge in [-0.1, -0.05) is 20.3 Å². The van der Waals surface area contributed by atoms with E-state index in [4.69, 9.17) is 25.2 Å². The SMILES string of the molecule is CCC.OCC(O)COCC(O)CO. The second kappa shape index (κ2) is 12.8. The maximum absolute atomic E-state index is 8.72. The van der Waals surface area contributed by atoms with Crippen LogP contribution in [-0.2, 0) is 4.74 Å². The number of aliphatic hydroxyl groups is 4. The Bertz CT molecular complexity index is 89.2. The van der Waals surface area contributed by atoms with Crippen molar-refractivity contribution in [3.05, 3.63) is 0 Å². The molecule has 0 aromatic carbocycles. The van der Waals surface area contributed by atoms with Crippen molar-refractivity contribution in [2.24, 2.45) is 0 Å². The molecule has 0 fully saturated rings. The van der Waals surface area contributed by atoms with Crippen LogP contribution in [0, 0.1) is 0 Å². The lowest BCUT2D eigenvalue weighted by Crippen LogP contribution is -2.25. The Morgan fingerprint density at radius 3 is 1.43 bits per heavy atom. The number of rotatable bonds is 6. The molecule has 88 valence electrons. The van der Waals surface area contributed by atoms with Gasteiger partial charge < -0.3 is 25.2 Å². The Morgan fingerprint density at radius 1 is 0.929 bits per heavy atom. The fraction of sp³-hybridized carbons (Fsp3) is 1.00. The van der Waals surface area contributed by atoms with Crippen LogP contribution in [0.1, 0.15) is 20.3 Å². The van der Waals surface area contributed by atoms with E-state index in [-0.39, 0.29) is 26.4 Å². The number of hydrogen-bond acceptors (Lipinski definition) is 5. The summed E-state index contributed by atoms with van der Waals surface area (Å²) in [7, 11) is 0. The molecule has 0 heterocycles. The monoisotopic (exact) mass is 210 g/mol. The summed E-state index contributed by atoms with van der Waals surface area (Å²) >= 11 is 0. The summed E-state index contributed by atoms with van der Waals surface area (Å²) in [5, 5.41) is 34.1. The van der Waals surface area contributed by atoms with Gasteiger partial charge in [0.15, 0.2) is 0 Å². The molecule has 0 rings (SSSR count). The Labute approximate surface area is 85.0 Å². The van der Waals surface area contributed by atoms with Crippen molar-refractivity contribution < 1.29 is 25.2 Å². The van der Waals surface area contributed by atoms with E-state index in [2.05, 4.69) is 13.8 Å². The Morgan fingerprint density at radius 2 is 1.21 bits per heavy atom. The molecular formula is C9H22O5. The highest BCUT2D eigenvalue weighted by Crippen LogP contribution is 1.87. The predicted octanol–water partition coefficient (Wildman–Crippen LogP) is -0.874. The fourth-order valence-electron chi connectivity index (χ4n) is 0.446. The second-order valence-electron chi connectivity index (χ2n) is 2.92. The van der Waals surface area contributed by atoms with Crippen LogP contribution >= 0.6 is 0 Å². The van der Waals surface area contributed by atoms with Gasteiger partial charge in [-0.05, 0) is 0 Å². The Balaban J connectivity index is 0. The summed E-state index contributed by atoms with van der Waals surface area (Å²) in [6, 6.07) is 0. The van der Waals surface area contributed by atoms with E-state index in [1.165, 1.54) is 6.42 Å². The first kappa shape index (κ1) is 16.2. The fourth-order valence-corrected chi connectivity index (χ4v) is 0.446. The zero-order valence-electron chi connectivity index (χ0n) is 8.89. The van der Waals surface area contributed by atoms with Crippen molar-refractivity contribution >= 4 is 0 Å². The van der Waals surface area contributed by atoms with Gasteiger partial charge in [0.2, 0.25) is 0 Å². The molecule has 2 unspecified atom stereocenters. The van der Waals surface area contributed by atoms with Gasteiger partial charge in [-0.3, -0.25) is 0 Å². The summed E-state index contributed by atoms with van der Waals surface area (Å²) in [6.45, 7) is 3.45. The van der Waals surface area contributed by atoms with Crippen molar-refractivity contribution in [1.82, 2.24) is 0 Å². The van der Waals surface area contributed by atoms with Gasteiger partial charge in [-0.25, -0.2) is 0 Å². The molecule has 0 radical (unpaired) electrons. The molecule has 14 heavy (non-hydrogen) atoms. The molecule has 0 aliphatic carbocycles. The minimum absolute atomic E-state index is 0.0342. The van der Waals surface area contributed by atoms with Crippen LogP contribution in [0.3, 0.4) is 0 Å². The van der Waals surface area contributed by atoms with Crippen LogP contribution in [-0.4, -0.2) is 59.1 Å². The molecule has 0 saturated heterocycles. The van der Waals surface area contributed by atoms with E-state index >= 15 is 0 Å². The van der Waals surface area contributed by atoms with E-state index < -0.39 is 12.2 Å². The van der Waals surface area contributed by atoms with E-state index in [1.54, 1.807) is 0 Å². The molecule has 0 saturated carbocycles. The highest BCUT2D eigenvalue weighted by Gasteiger charge is 2.04. The third kappa shape index (κ3) is 14.3. The van der Waals surface area contributed by atoms with Gasteiger partial charge in [-0.15, -0.1) is 0 Å². The molecule has 0 aromatic heterocycles. The van der Waals surface area contributed by atoms with Crippen molar-refractivity contribution in [3.8, 4) is 0 Å². The average molecular weight is 210 g/mol. The van der Waals surface area contributed by atoms with Crippen molar-refractivity contribution in [2.75, 3.05) is 26.4 Å². The maximum Gasteiger partial charge on any atom is 0.100 e. The number of aliphatic hydroxyl groups excluding tert-OH is 4. The summed E-state index contributed by atoms with van der Waals surface area (Å²) in [5.74, 6) is 0. The first-order valence-corrected chi connectivity index (χ1v) is 4.77. The minimum Gasteiger partial charge on any atom is -0.394 e. The summed E-state index contributed by atoms with van der Waals surface area (Å²) in [5.41, 5.74) is 0. The smallest absolute Gasteiger partial charge is 0.100 e. The van der Waals surface area contributed by atoms with Crippen molar-refractivity contribution in [2.45, 2.75) is 32.5 Å². The summed E-state index contributed by atoms with van der Waals surface area (Å²) in [4.78, 5) is 0. The molecule has 2 atom stereocenters. The van der Waals surface area contributed by atoms with Crippen molar-refractivity contribution in [1.29, 1.82) is 0 Å². The summed E-state index contributed by atoms with van der Waals surface area (Å²) in [6.07, 6.45) is -0.582. The minimum atomic E-state index is -0.916. The lowest BCUT2D eigenvalue weighted by molar-refractivity contribution is -0.0364. The maximum atomic E-state index is 8.72. The lowest BCUT2D eigenvalue weighted by atomic mass is 10.4. The van der Waals surface area contributed by atoms with Crippen LogP contribution in [0.2, 0.25) is 0 Å². The third-order valence-corrected chi connectivity index (χ3v) is 1.04. The van der Waals surface area contributed by atoms with E-state index in [0.29, 0.717) is 0 Å². The van der Waals surface area contributed by atoms with Gasteiger partial charge >= 0.3 is 0 Å². The number of ether oxygens (including phenoxy) is 1. The molecule has 0 amide bonds. The average Bonchev–Trinajstić information content (AvgIpc) is 2.18. The predicted molar refractivity (Wildman–Crippen MR) is 53.0 cm³/mol. The topological polar surface area (TPSA) is 90.2 Å². The third-order valence-electron chi connectivity index (χ3n) is 1.04. The van der Waals surface area contributed by atoms with Crippen LogP contribution in [0.5, 0.6) is 0 Å². The van der Waals surface area contributed by atoms with E-state index in [1.807, 2.05) is 0 Å². The highest BCUT2D eigenvalue weighted by atomic mass is 16.5. The van der Waals surface area contributed by atoms with Crippen LogP contribution in [0.15, 0.2) is 0 Å². The normalized spacial score (nSPS) is 14.1. The molecule has 5 heteroatoms. The van der Waals surface area contributed by atoms with Gasteiger partial charge in [0.05, 0.1) is 26.4 Å². The van der Waals surface area contributed by atoms with Crippen molar-refractivity contribution in [3.63, 3.8) is 0 Å². The molecule has 0 spiro atoms. The quantitative estimate of drug-likeness (QED) is 0.457. The molecule has 0 aliphatic rings. The van der Waals surface area contributed by atoms with Crippen LogP contribution in [0.4, 0.5) is 0 Å². The highest BCUT2D eigenvalue weighted by molar-refractivity contribution is 4.52. The standard InChI is InChI=1S/C6H14O5.C3H8/c7-1-5(9)3-11-4-6(10)2-8;1-3-2/h5-10H,1-4H2;3H2,1-2H3. The molecule has 0 bridgehead atoms. The number of hydrogen-bond donors (Lipinski definition) is 4. The lowest BCUT2D eigenvalue weighted by Gasteiger charge is -2.10. The zero-order chi connectivity index (χ0) is 11.4. The largest absolute Gasteiger partial charge is 0.394 e. The van der Waals surface area contributed by atoms with Gasteiger partial charge in [0, 0.05) is 0 Å². The zero-order valence-corrected chi connectivity index (χ0v) is 8.89. The molecule has 5 nitrogen and oxygen atoms in total. The summed E-state index contributed by atoms with van der Waals surface area (Å²) < 4.78 is 4.72. The second-order valence-corrected chi connectivity index (χ2v) is 2.92. The van der Waals surface area contributed by atoms with Crippen LogP contribution < -0.4 is 0 Å². The first-order valence-electron chi connectivity index (χ1n) is 4.77. The molecule has 0 aromatic rings. The molecular weight excluding hydrogens is 188 g/mol. The Kier molecular flexibility index (Phi) is 14.8. The van der Waals surface area contributed by atoms with Gasteiger partial charge in [-0.2, -0.15) is 0 Å². The van der Waals surface area contributed by atoms with E-state index in [9.17, 15) is 0 Å². The van der Waals surface area contributed by atoms with Crippen LogP contribution in [0.25, 0.3) is 0 Å². The van der Waals surface area contributed by atoms with Gasteiger partial charge in [0.25, 0.3) is 0 Å². The Hall–Kier alpha value is -0.200. The van der Waals surface area contributed by atoms with E-state index in [0.717, 1.165) is 0 Å². The molecule has 0 aliphatic heterocycles.